The summed E-state index contributed by atoms with van der Waals surface area (Å²) in [6.07, 6.45) is 0.729. The van der Waals surface area contributed by atoms with E-state index in [0.717, 1.165) is 11.3 Å². The van der Waals surface area contributed by atoms with Crippen LogP contribution in [0, 0.1) is 11.8 Å². The van der Waals surface area contributed by atoms with E-state index in [2.05, 4.69) is 41.5 Å². The molecule has 0 spiro atoms. The minimum absolute atomic E-state index is 0.0823. The average Bonchev–Trinajstić information content (AvgIpc) is 2.89. The van der Waals surface area contributed by atoms with Gasteiger partial charge >= 0.3 is 6.09 Å². The summed E-state index contributed by atoms with van der Waals surface area (Å²) in [5.74, 6) is 7.00. The van der Waals surface area contributed by atoms with Crippen LogP contribution >= 0.6 is 0 Å². The van der Waals surface area contributed by atoms with Crippen LogP contribution in [-0.2, 0) is 19.5 Å². The normalized spacial score (nSPS) is 12.1. The highest BCUT2D eigenvalue weighted by molar-refractivity contribution is 7.75. The zero-order valence-electron chi connectivity index (χ0n) is 21.1. The van der Waals surface area contributed by atoms with Crippen LogP contribution in [0.3, 0.4) is 0 Å². The van der Waals surface area contributed by atoms with Crippen LogP contribution in [0.5, 0.6) is 0 Å². The van der Waals surface area contributed by atoms with Crippen LogP contribution in [-0.4, -0.2) is 54.5 Å². The Balaban J connectivity index is 1.81. The molecule has 0 fully saturated rings. The molecule has 0 aliphatic rings. The SMILES string of the molecule is CCOC(=O)N=[S-](=O)c1ccc(Nc2ncc(C#Cc3ccc(N(C)C)cc3)c(N[C@H](C)CO)n2)cc1. The van der Waals surface area contributed by atoms with Crippen LogP contribution in [0.2, 0.25) is 0 Å². The van der Waals surface area contributed by atoms with Crippen LogP contribution in [0.25, 0.3) is 0 Å². The maximum absolute atomic E-state index is 12.2. The number of aliphatic hydroxyl groups excluding tert-OH is 1. The van der Waals surface area contributed by atoms with Crippen molar-refractivity contribution in [2.75, 3.05) is 42.8 Å². The average molecular weight is 522 g/mol. The third kappa shape index (κ3) is 8.20. The lowest BCUT2D eigenvalue weighted by atomic mass is 10.2. The van der Waals surface area contributed by atoms with Gasteiger partial charge in [0.2, 0.25) is 5.95 Å². The van der Waals surface area contributed by atoms with Gasteiger partial charge in [-0.3, -0.25) is 4.36 Å². The molecule has 3 rings (SSSR count). The van der Waals surface area contributed by atoms with E-state index < -0.39 is 16.7 Å². The van der Waals surface area contributed by atoms with Crippen molar-refractivity contribution in [1.82, 2.24) is 9.97 Å². The highest BCUT2D eigenvalue weighted by Gasteiger charge is 2.09. The minimum atomic E-state index is -1.87. The van der Waals surface area contributed by atoms with Crippen LogP contribution in [0.4, 0.5) is 27.9 Å². The van der Waals surface area contributed by atoms with E-state index in [1.165, 1.54) is 0 Å². The molecule has 10 nitrogen and oxygen atoms in total. The molecule has 3 aromatic rings. The first-order valence-electron chi connectivity index (χ1n) is 11.5. The number of nitrogens with one attached hydrogen (secondary N) is 2. The monoisotopic (exact) mass is 521 g/mol. The first-order valence-corrected chi connectivity index (χ1v) is 12.6. The maximum Gasteiger partial charge on any atom is 0.410 e. The summed E-state index contributed by atoms with van der Waals surface area (Å²) >= 11 is 0. The van der Waals surface area contributed by atoms with Gasteiger partial charge in [-0.15, -0.1) is 10.6 Å². The Morgan fingerprint density at radius 2 is 1.86 bits per heavy atom. The van der Waals surface area contributed by atoms with E-state index in [-0.39, 0.29) is 19.3 Å². The molecule has 0 aliphatic carbocycles. The van der Waals surface area contributed by atoms with Gasteiger partial charge < -0.3 is 29.6 Å². The number of rotatable bonds is 8. The molecule has 11 heteroatoms. The minimum Gasteiger partial charge on any atom is -0.450 e. The lowest BCUT2D eigenvalue weighted by Crippen LogP contribution is -2.21. The van der Waals surface area contributed by atoms with Crippen molar-refractivity contribution < 1.29 is 18.8 Å². The van der Waals surface area contributed by atoms with Crippen molar-refractivity contribution in [2.45, 2.75) is 24.8 Å². The molecule has 0 saturated carbocycles. The van der Waals surface area contributed by atoms with Gasteiger partial charge in [0.15, 0.2) is 0 Å². The fourth-order valence-corrected chi connectivity index (χ4v) is 3.62. The fraction of sp³-hybridized carbons (Fsp3) is 0.269. The molecule has 1 atom stereocenters. The molecule has 1 heterocycles. The van der Waals surface area contributed by atoms with E-state index >= 15 is 0 Å². The zero-order chi connectivity index (χ0) is 26.8. The number of nitrogens with zero attached hydrogens (tertiary/aromatic N) is 4. The van der Waals surface area contributed by atoms with E-state index in [9.17, 15) is 14.1 Å². The molecule has 0 radical (unpaired) electrons. The van der Waals surface area contributed by atoms with Crippen LogP contribution in [0.1, 0.15) is 25.0 Å². The first kappa shape index (κ1) is 27.4. The summed E-state index contributed by atoms with van der Waals surface area (Å²) < 4.78 is 20.3. The molecule has 3 N–H and O–H groups in total. The number of ether oxygens (including phenoxy) is 1. The topological polar surface area (TPSA) is 129 Å². The number of hydrogen-bond donors (Lipinski definition) is 3. The molecule has 1 aromatic heterocycles. The molecule has 0 unspecified atom stereocenters. The summed E-state index contributed by atoms with van der Waals surface area (Å²) in [5, 5.41) is 15.7. The molecule has 37 heavy (non-hydrogen) atoms. The summed E-state index contributed by atoms with van der Waals surface area (Å²) in [7, 11) is 2.09. The number of anilines is 4. The Morgan fingerprint density at radius 3 is 2.49 bits per heavy atom. The molecule has 2 aromatic carbocycles. The molecule has 1 amide bonds. The highest BCUT2D eigenvalue weighted by Crippen LogP contribution is 2.19. The lowest BCUT2D eigenvalue weighted by Gasteiger charge is -2.14. The second-order valence-electron chi connectivity index (χ2n) is 8.06. The second-order valence-corrected chi connectivity index (χ2v) is 9.22. The second kappa shape index (κ2) is 13.2. The Kier molecular flexibility index (Phi) is 9.83. The number of amides is 1. The van der Waals surface area contributed by atoms with Crippen molar-refractivity contribution in [3.8, 4) is 11.8 Å². The van der Waals surface area contributed by atoms with Crippen molar-refractivity contribution >= 4 is 39.8 Å². The maximum atomic E-state index is 12.2. The number of hydrogen-bond acceptors (Lipinski definition) is 10. The van der Waals surface area contributed by atoms with Crippen molar-refractivity contribution in [3.05, 3.63) is 65.9 Å². The Bertz CT molecular complexity index is 1360. The largest absolute Gasteiger partial charge is 0.450 e. The zero-order valence-corrected chi connectivity index (χ0v) is 21.9. The molecule has 194 valence electrons. The van der Waals surface area contributed by atoms with Gasteiger partial charge in [0.1, 0.15) is 5.82 Å². The summed E-state index contributed by atoms with van der Waals surface area (Å²) in [5.41, 5.74) is 3.14. The summed E-state index contributed by atoms with van der Waals surface area (Å²) in [6, 6.07) is 14.1. The Labute approximate surface area is 218 Å². The van der Waals surface area contributed by atoms with E-state index in [0.29, 0.717) is 27.9 Å². The predicted octanol–water partition coefficient (Wildman–Crippen LogP) is 4.14. The predicted molar refractivity (Wildman–Crippen MR) is 144 cm³/mol. The fourth-order valence-electron chi connectivity index (χ4n) is 2.96. The molecule has 0 aliphatic heterocycles. The van der Waals surface area contributed by atoms with Crippen molar-refractivity contribution in [2.24, 2.45) is 4.36 Å². The van der Waals surface area contributed by atoms with Crippen molar-refractivity contribution in [3.63, 3.8) is 0 Å². The summed E-state index contributed by atoms with van der Waals surface area (Å²) in [4.78, 5) is 22.7. The lowest BCUT2D eigenvalue weighted by molar-refractivity contribution is 0.164. The number of carbonyl (C=O) groups is 1. The smallest absolute Gasteiger partial charge is 0.410 e. The third-order valence-electron chi connectivity index (χ3n) is 4.91. The van der Waals surface area contributed by atoms with E-state index in [1.807, 2.05) is 50.2 Å². The Morgan fingerprint density at radius 1 is 1.16 bits per heavy atom. The van der Waals surface area contributed by atoms with Gasteiger partial charge in [-0.25, -0.2) is 9.78 Å². The molecule has 0 saturated heterocycles. The van der Waals surface area contributed by atoms with Gasteiger partial charge in [-0.2, -0.15) is 4.98 Å². The number of carbonyl (C=O) groups excluding carboxylic acids is 1. The molecular weight excluding hydrogens is 492 g/mol. The summed E-state index contributed by atoms with van der Waals surface area (Å²) in [6.45, 7) is 3.55. The van der Waals surface area contributed by atoms with E-state index in [4.69, 9.17) is 0 Å². The van der Waals surface area contributed by atoms with Crippen LogP contribution < -0.4 is 15.5 Å². The van der Waals surface area contributed by atoms with Crippen molar-refractivity contribution in [1.29, 1.82) is 0 Å². The Hall–Kier alpha value is -4.14. The van der Waals surface area contributed by atoms with Gasteiger partial charge in [0, 0.05) is 37.1 Å². The number of aromatic nitrogens is 2. The number of benzene rings is 2. The molecule has 0 bridgehead atoms. The number of aliphatic hydroxyl groups is 1. The van der Waals surface area contributed by atoms with Crippen LogP contribution in [0.15, 0.2) is 64.0 Å². The highest BCUT2D eigenvalue weighted by atomic mass is 32.2. The first-order chi connectivity index (χ1) is 17.8. The quantitative estimate of drug-likeness (QED) is 0.296. The third-order valence-corrected chi connectivity index (χ3v) is 5.90. The standard InChI is InChI=1S/C26H29N6O4S/c1-5-36-26(34)31-37(35)23-14-10-21(11-15-23)29-25-27-16-20(24(30-25)28-18(2)17-33)9-6-19-7-12-22(13-8-19)32(3)4/h7-8,10-16,18,33H,5,17H2,1-4H3,(H2,27,28,29,30)/q-1/t18-/m1/s1. The van der Waals surface area contributed by atoms with E-state index in [1.54, 1.807) is 37.4 Å². The van der Waals surface area contributed by atoms with Gasteiger partial charge in [-0.05, 0) is 50.2 Å². The van der Waals surface area contributed by atoms with Gasteiger partial charge in [0.05, 0.1) is 25.0 Å². The molecular formula is C26H29N6O4S-. The van der Waals surface area contributed by atoms with Gasteiger partial charge in [0.25, 0.3) is 0 Å². The van der Waals surface area contributed by atoms with Gasteiger partial charge in [-0.1, -0.05) is 28.9 Å².